The first-order chi connectivity index (χ1) is 14.9. The van der Waals surface area contributed by atoms with Crippen molar-refractivity contribution in [3.05, 3.63) is 70.4 Å². The zero-order chi connectivity index (χ0) is 23.2. The van der Waals surface area contributed by atoms with Gasteiger partial charge < -0.3 is 25.6 Å². The van der Waals surface area contributed by atoms with Gasteiger partial charge in [0.05, 0.1) is 13.2 Å². The van der Waals surface area contributed by atoms with Gasteiger partial charge in [0.1, 0.15) is 11.4 Å². The van der Waals surface area contributed by atoms with E-state index in [9.17, 15) is 9.59 Å². The maximum atomic E-state index is 12.6. The molecule has 2 rings (SSSR count). The number of ether oxygens (including phenoxy) is 1. The molecule has 0 atom stereocenters. The molecule has 0 fully saturated rings. The smallest absolute Gasteiger partial charge is 0.267 e. The number of aliphatic hydroxyl groups excluding tert-OH is 2. The van der Waals surface area contributed by atoms with Crippen molar-refractivity contribution in [1.29, 1.82) is 0 Å². The molecule has 2 aromatic rings. The number of aliphatic hydroxyl groups is 2. The Kier molecular flexibility index (Phi) is 12.0. The molecule has 0 radical (unpaired) electrons. The van der Waals surface area contributed by atoms with E-state index in [2.05, 4.69) is 24.5 Å². The van der Waals surface area contributed by atoms with Gasteiger partial charge in [0.2, 0.25) is 0 Å². The fourth-order valence-corrected chi connectivity index (χ4v) is 2.43. The zero-order valence-electron chi connectivity index (χ0n) is 17.9. The molecule has 0 unspecified atom stereocenters. The fraction of sp³-hybridized carbons (Fsp3) is 0.304. The molecule has 0 aliphatic carbocycles. The molecule has 7 nitrogen and oxygen atoms in total. The molecule has 168 valence electrons. The van der Waals surface area contributed by atoms with Crippen LogP contribution in [0, 0.1) is 5.92 Å². The van der Waals surface area contributed by atoms with Crippen LogP contribution < -0.4 is 15.4 Å². The third kappa shape index (κ3) is 9.65. The minimum Gasteiger partial charge on any atom is -0.493 e. The Labute approximate surface area is 187 Å². The predicted octanol–water partition coefficient (Wildman–Crippen LogP) is 2.86. The highest BCUT2D eigenvalue weighted by molar-refractivity contribution is 6.30. The fourth-order valence-electron chi connectivity index (χ4n) is 2.31. The van der Waals surface area contributed by atoms with Crippen LogP contribution in [-0.4, -0.2) is 48.9 Å². The number of amides is 2. The summed E-state index contributed by atoms with van der Waals surface area (Å²) in [6.07, 6.45) is 1.54. The summed E-state index contributed by atoms with van der Waals surface area (Å²) in [6, 6.07) is 13.5. The summed E-state index contributed by atoms with van der Waals surface area (Å²) in [5.41, 5.74) is 1.14. The standard InChI is InChI=1S/C22H25ClN2O4.CH4O/c1-15(2)14-29-19-9-5-17(6-10-19)21(27)25-20(22(28)24-11-12-26)13-16-3-7-18(23)8-4-16;1-2/h3-10,13,15,26H,11-12,14H2,1-2H3,(H,24,28)(H,25,27);2H,1H3/b20-13-;. The Balaban J connectivity index is 0.00000233. The Morgan fingerprint density at radius 2 is 1.68 bits per heavy atom. The Morgan fingerprint density at radius 3 is 2.23 bits per heavy atom. The van der Waals surface area contributed by atoms with Gasteiger partial charge in [-0.15, -0.1) is 0 Å². The van der Waals surface area contributed by atoms with E-state index in [0.29, 0.717) is 34.4 Å². The molecule has 2 aromatic carbocycles. The number of carbonyl (C=O) groups excluding carboxylic acids is 2. The van der Waals surface area contributed by atoms with Crippen LogP contribution in [-0.2, 0) is 4.79 Å². The second-order valence-corrected chi connectivity index (χ2v) is 7.21. The van der Waals surface area contributed by atoms with Crippen molar-refractivity contribution in [1.82, 2.24) is 10.6 Å². The lowest BCUT2D eigenvalue weighted by atomic mass is 10.1. The monoisotopic (exact) mass is 448 g/mol. The number of rotatable bonds is 9. The average Bonchev–Trinajstić information content (AvgIpc) is 2.78. The molecular formula is C23H29ClN2O5. The van der Waals surface area contributed by atoms with E-state index in [4.69, 9.17) is 26.6 Å². The van der Waals surface area contributed by atoms with E-state index in [1.165, 1.54) is 0 Å². The molecule has 0 bridgehead atoms. The first-order valence-corrected chi connectivity index (χ1v) is 10.1. The Morgan fingerprint density at radius 1 is 1.06 bits per heavy atom. The normalized spacial score (nSPS) is 10.7. The summed E-state index contributed by atoms with van der Waals surface area (Å²) >= 11 is 5.89. The quantitative estimate of drug-likeness (QED) is 0.441. The average molecular weight is 449 g/mol. The lowest BCUT2D eigenvalue weighted by molar-refractivity contribution is -0.117. The molecular weight excluding hydrogens is 420 g/mol. The molecule has 0 aromatic heterocycles. The van der Waals surface area contributed by atoms with Crippen LogP contribution in [0.5, 0.6) is 5.75 Å². The number of halogens is 1. The maximum Gasteiger partial charge on any atom is 0.267 e. The number of hydrogen-bond acceptors (Lipinski definition) is 5. The summed E-state index contributed by atoms with van der Waals surface area (Å²) in [6.45, 7) is 4.57. The predicted molar refractivity (Wildman–Crippen MR) is 122 cm³/mol. The molecule has 31 heavy (non-hydrogen) atoms. The summed E-state index contributed by atoms with van der Waals surface area (Å²) in [5.74, 6) is 0.142. The van der Waals surface area contributed by atoms with Gasteiger partial charge >= 0.3 is 0 Å². The van der Waals surface area contributed by atoms with Crippen molar-refractivity contribution in [2.75, 3.05) is 26.9 Å². The van der Waals surface area contributed by atoms with Gasteiger partial charge in [-0.25, -0.2) is 0 Å². The minimum absolute atomic E-state index is 0.0610. The minimum atomic E-state index is -0.501. The first kappa shape index (κ1) is 26.2. The van der Waals surface area contributed by atoms with Gasteiger partial charge in [-0.3, -0.25) is 9.59 Å². The Bertz CT molecular complexity index is 849. The number of benzene rings is 2. The molecule has 0 spiro atoms. The van der Waals surface area contributed by atoms with Crippen LogP contribution in [0.2, 0.25) is 5.02 Å². The molecule has 0 aliphatic heterocycles. The molecule has 4 N–H and O–H groups in total. The number of carbonyl (C=O) groups is 2. The van der Waals surface area contributed by atoms with Gasteiger partial charge in [-0.2, -0.15) is 0 Å². The first-order valence-electron chi connectivity index (χ1n) is 9.74. The molecule has 8 heteroatoms. The highest BCUT2D eigenvalue weighted by atomic mass is 35.5. The van der Waals surface area contributed by atoms with Crippen molar-refractivity contribution in [2.24, 2.45) is 5.92 Å². The third-order valence-electron chi connectivity index (χ3n) is 3.77. The van der Waals surface area contributed by atoms with E-state index in [1.54, 1.807) is 54.6 Å². The Hall–Kier alpha value is -2.87. The third-order valence-corrected chi connectivity index (χ3v) is 4.02. The molecule has 0 aliphatic rings. The van der Waals surface area contributed by atoms with E-state index in [-0.39, 0.29) is 18.8 Å². The maximum absolute atomic E-state index is 12.6. The van der Waals surface area contributed by atoms with Crippen molar-refractivity contribution in [3.8, 4) is 5.75 Å². The molecule has 2 amide bonds. The lowest BCUT2D eigenvalue weighted by Gasteiger charge is -2.12. The lowest BCUT2D eigenvalue weighted by Crippen LogP contribution is -2.36. The molecule has 0 heterocycles. The van der Waals surface area contributed by atoms with Crippen LogP contribution in [0.15, 0.2) is 54.2 Å². The van der Waals surface area contributed by atoms with Gasteiger partial charge in [-0.1, -0.05) is 37.6 Å². The summed E-state index contributed by atoms with van der Waals surface area (Å²) in [7, 11) is 1.00. The number of hydrogen-bond donors (Lipinski definition) is 4. The second-order valence-electron chi connectivity index (χ2n) is 6.77. The molecule has 0 saturated carbocycles. The van der Waals surface area contributed by atoms with E-state index >= 15 is 0 Å². The molecule has 0 saturated heterocycles. The summed E-state index contributed by atoms with van der Waals surface area (Å²) in [5, 5.41) is 21.7. The number of nitrogens with one attached hydrogen (secondary N) is 2. The van der Waals surface area contributed by atoms with Crippen LogP contribution >= 0.6 is 11.6 Å². The highest BCUT2D eigenvalue weighted by Crippen LogP contribution is 2.15. The van der Waals surface area contributed by atoms with Crippen LogP contribution in [0.25, 0.3) is 6.08 Å². The SMILES string of the molecule is CC(C)COc1ccc(C(=O)N/C(=C\c2ccc(Cl)cc2)C(=O)NCCO)cc1.CO. The van der Waals surface area contributed by atoms with Crippen molar-refractivity contribution in [2.45, 2.75) is 13.8 Å². The largest absolute Gasteiger partial charge is 0.493 e. The van der Waals surface area contributed by atoms with E-state index in [1.807, 2.05) is 0 Å². The van der Waals surface area contributed by atoms with Gasteiger partial charge in [-0.05, 0) is 54.0 Å². The van der Waals surface area contributed by atoms with Gasteiger partial charge in [0.15, 0.2) is 0 Å². The van der Waals surface area contributed by atoms with Gasteiger partial charge in [0, 0.05) is 24.2 Å². The van der Waals surface area contributed by atoms with Crippen molar-refractivity contribution in [3.63, 3.8) is 0 Å². The van der Waals surface area contributed by atoms with Crippen molar-refractivity contribution >= 4 is 29.5 Å². The van der Waals surface area contributed by atoms with Crippen molar-refractivity contribution < 1.29 is 24.5 Å². The van der Waals surface area contributed by atoms with Crippen LogP contribution in [0.4, 0.5) is 0 Å². The van der Waals surface area contributed by atoms with E-state index < -0.39 is 11.8 Å². The second kappa shape index (κ2) is 14.2. The summed E-state index contributed by atoms with van der Waals surface area (Å²) in [4.78, 5) is 25.0. The van der Waals surface area contributed by atoms with E-state index in [0.717, 1.165) is 7.11 Å². The van der Waals surface area contributed by atoms with Crippen LogP contribution in [0.3, 0.4) is 0 Å². The van der Waals surface area contributed by atoms with Gasteiger partial charge in [0.25, 0.3) is 11.8 Å². The zero-order valence-corrected chi connectivity index (χ0v) is 18.6. The topological polar surface area (TPSA) is 108 Å². The summed E-state index contributed by atoms with van der Waals surface area (Å²) < 4.78 is 5.61. The van der Waals surface area contributed by atoms with Crippen LogP contribution in [0.1, 0.15) is 29.8 Å². The highest BCUT2D eigenvalue weighted by Gasteiger charge is 2.14.